The Hall–Kier alpha value is -1.30. The van der Waals surface area contributed by atoms with Crippen LogP contribution in [0.5, 0.6) is 0 Å². The summed E-state index contributed by atoms with van der Waals surface area (Å²) in [6.07, 6.45) is 7.17. The van der Waals surface area contributed by atoms with Gasteiger partial charge >= 0.3 is 12.0 Å². The van der Waals surface area contributed by atoms with Crippen LogP contribution in [-0.4, -0.2) is 43.4 Å². The van der Waals surface area contributed by atoms with Crippen LogP contribution in [0.15, 0.2) is 0 Å². The zero-order chi connectivity index (χ0) is 15.2. The first kappa shape index (κ1) is 18.7. The molecule has 0 aliphatic rings. The molecule has 0 aliphatic heterocycles. The smallest absolute Gasteiger partial charge is 0.326 e. The maximum Gasteiger partial charge on any atom is 0.326 e. The van der Waals surface area contributed by atoms with Gasteiger partial charge in [0.25, 0.3) is 0 Å². The quantitative estimate of drug-likeness (QED) is 0.480. The average Bonchev–Trinajstić information content (AvgIpc) is 2.42. The molecule has 0 saturated carbocycles. The van der Waals surface area contributed by atoms with Gasteiger partial charge in [-0.1, -0.05) is 39.0 Å². The average molecular weight is 288 g/mol. The summed E-state index contributed by atoms with van der Waals surface area (Å²) in [4.78, 5) is 22.4. The summed E-state index contributed by atoms with van der Waals surface area (Å²) in [5.74, 6) is -1.04. The van der Waals surface area contributed by atoms with Crippen LogP contribution in [0.3, 0.4) is 0 Å². The van der Waals surface area contributed by atoms with Gasteiger partial charge in [-0.05, 0) is 6.42 Å². The van der Waals surface area contributed by atoms with Gasteiger partial charge in [-0.3, -0.25) is 0 Å². The third-order valence-electron chi connectivity index (χ3n) is 3.03. The molecule has 0 spiro atoms. The van der Waals surface area contributed by atoms with E-state index in [2.05, 4.69) is 17.6 Å². The van der Waals surface area contributed by atoms with E-state index in [1.807, 2.05) is 0 Å². The number of hydrogen-bond donors (Lipinski definition) is 3. The topological polar surface area (TPSA) is 87.7 Å². The molecule has 0 aromatic heterocycles. The van der Waals surface area contributed by atoms with Gasteiger partial charge < -0.3 is 20.5 Å². The Morgan fingerprint density at radius 3 is 2.40 bits per heavy atom. The van der Waals surface area contributed by atoms with Gasteiger partial charge in [0.15, 0.2) is 0 Å². The molecule has 0 rings (SSSR count). The molecule has 0 bridgehead atoms. The van der Waals surface area contributed by atoms with Crippen LogP contribution in [0.4, 0.5) is 4.79 Å². The zero-order valence-corrected chi connectivity index (χ0v) is 12.6. The van der Waals surface area contributed by atoms with Gasteiger partial charge in [-0.15, -0.1) is 0 Å². The summed E-state index contributed by atoms with van der Waals surface area (Å²) in [5, 5.41) is 14.1. The van der Waals surface area contributed by atoms with Crippen molar-refractivity contribution < 1.29 is 19.4 Å². The molecule has 0 saturated heterocycles. The summed E-state index contributed by atoms with van der Waals surface area (Å²) in [6, 6.07) is -1.33. The fourth-order valence-electron chi connectivity index (χ4n) is 1.81. The number of hydrogen-bond acceptors (Lipinski definition) is 3. The molecule has 0 heterocycles. The number of carbonyl (C=O) groups excluding carboxylic acids is 1. The summed E-state index contributed by atoms with van der Waals surface area (Å²) in [5.41, 5.74) is 0. The second-order valence-electron chi connectivity index (χ2n) is 4.84. The largest absolute Gasteiger partial charge is 0.480 e. The van der Waals surface area contributed by atoms with Crippen molar-refractivity contribution in [2.24, 2.45) is 0 Å². The minimum Gasteiger partial charge on any atom is -0.480 e. The highest BCUT2D eigenvalue weighted by molar-refractivity contribution is 5.82. The molecule has 6 heteroatoms. The highest BCUT2D eigenvalue weighted by Gasteiger charge is 2.18. The maximum atomic E-state index is 11.5. The van der Waals surface area contributed by atoms with Crippen LogP contribution >= 0.6 is 0 Å². The van der Waals surface area contributed by atoms with Gasteiger partial charge in [0.05, 0.1) is 0 Å². The first-order valence-corrected chi connectivity index (χ1v) is 7.38. The van der Waals surface area contributed by atoms with Crippen molar-refractivity contribution in [1.82, 2.24) is 10.6 Å². The van der Waals surface area contributed by atoms with Crippen molar-refractivity contribution in [2.75, 3.05) is 20.3 Å². The van der Waals surface area contributed by atoms with E-state index in [0.717, 1.165) is 12.8 Å². The summed E-state index contributed by atoms with van der Waals surface area (Å²) >= 11 is 0. The predicted molar refractivity (Wildman–Crippen MR) is 77.8 cm³/mol. The maximum absolute atomic E-state index is 11.5. The first-order valence-electron chi connectivity index (χ1n) is 7.38. The lowest BCUT2D eigenvalue weighted by molar-refractivity contribution is -0.139. The normalized spacial score (nSPS) is 11.9. The number of rotatable bonds is 12. The molecule has 3 N–H and O–H groups in total. The van der Waals surface area contributed by atoms with Crippen molar-refractivity contribution in [3.05, 3.63) is 0 Å². The molecule has 0 radical (unpaired) electrons. The van der Waals surface area contributed by atoms with Crippen molar-refractivity contribution in [2.45, 2.75) is 57.9 Å². The molecular formula is C14H28N2O4. The molecule has 2 amide bonds. The van der Waals surface area contributed by atoms with Gasteiger partial charge in [-0.25, -0.2) is 9.59 Å². The van der Waals surface area contributed by atoms with Crippen molar-refractivity contribution >= 4 is 12.0 Å². The fourth-order valence-corrected chi connectivity index (χ4v) is 1.81. The molecule has 1 atom stereocenters. The van der Waals surface area contributed by atoms with E-state index in [1.165, 1.54) is 32.8 Å². The lowest BCUT2D eigenvalue weighted by atomic mass is 10.1. The number of aliphatic carboxylic acids is 1. The SMILES string of the molecule is CCCCCCCCNC(=O)NC(CCOC)C(=O)O. The first-order chi connectivity index (χ1) is 9.61. The summed E-state index contributed by atoms with van der Waals surface area (Å²) in [7, 11) is 1.50. The number of carboxylic acids is 1. The van der Waals surface area contributed by atoms with E-state index >= 15 is 0 Å². The molecular weight excluding hydrogens is 260 g/mol. The molecule has 0 fully saturated rings. The van der Waals surface area contributed by atoms with Gasteiger partial charge in [0.2, 0.25) is 0 Å². The Morgan fingerprint density at radius 1 is 1.15 bits per heavy atom. The van der Waals surface area contributed by atoms with Gasteiger partial charge in [0.1, 0.15) is 6.04 Å². The van der Waals surface area contributed by atoms with E-state index < -0.39 is 18.0 Å². The Bertz CT molecular complexity index is 272. The van der Waals surface area contributed by atoms with Crippen LogP contribution in [0.25, 0.3) is 0 Å². The molecule has 20 heavy (non-hydrogen) atoms. The molecule has 1 unspecified atom stereocenters. The number of nitrogens with one attached hydrogen (secondary N) is 2. The second kappa shape index (κ2) is 12.7. The third kappa shape index (κ3) is 10.6. The Kier molecular flexibility index (Phi) is 11.9. The fraction of sp³-hybridized carbons (Fsp3) is 0.857. The van der Waals surface area contributed by atoms with Crippen LogP contribution < -0.4 is 10.6 Å². The zero-order valence-electron chi connectivity index (χ0n) is 12.6. The minimum atomic E-state index is -1.04. The number of methoxy groups -OCH3 is 1. The van der Waals surface area contributed by atoms with Crippen molar-refractivity contribution in [3.8, 4) is 0 Å². The molecule has 118 valence electrons. The highest BCUT2D eigenvalue weighted by atomic mass is 16.5. The number of amides is 2. The molecule has 6 nitrogen and oxygen atoms in total. The molecule has 0 aliphatic carbocycles. The van der Waals surface area contributed by atoms with E-state index in [9.17, 15) is 9.59 Å². The Balaban J connectivity index is 3.66. The number of carboxylic acid groups (broad SMARTS) is 1. The van der Waals surface area contributed by atoms with Crippen LogP contribution in [-0.2, 0) is 9.53 Å². The standard InChI is InChI=1S/C14H28N2O4/c1-3-4-5-6-7-8-10-15-14(19)16-12(13(17)18)9-11-20-2/h12H,3-11H2,1-2H3,(H,17,18)(H2,15,16,19). The second-order valence-corrected chi connectivity index (χ2v) is 4.84. The van der Waals surface area contributed by atoms with E-state index in [1.54, 1.807) is 0 Å². The lowest BCUT2D eigenvalue weighted by Gasteiger charge is -2.14. The van der Waals surface area contributed by atoms with E-state index in [4.69, 9.17) is 9.84 Å². The predicted octanol–water partition coefficient (Wildman–Crippen LogP) is 2.14. The monoisotopic (exact) mass is 288 g/mol. The lowest BCUT2D eigenvalue weighted by Crippen LogP contribution is -2.46. The van der Waals surface area contributed by atoms with Crippen molar-refractivity contribution in [1.29, 1.82) is 0 Å². The Labute approximate surface area is 121 Å². The number of unbranched alkanes of at least 4 members (excludes halogenated alkanes) is 5. The number of carbonyl (C=O) groups is 2. The number of urea groups is 1. The highest BCUT2D eigenvalue weighted by Crippen LogP contribution is 2.04. The van der Waals surface area contributed by atoms with Crippen LogP contribution in [0.1, 0.15) is 51.9 Å². The van der Waals surface area contributed by atoms with Crippen LogP contribution in [0.2, 0.25) is 0 Å². The minimum absolute atomic E-state index is 0.260. The number of ether oxygens (including phenoxy) is 1. The van der Waals surface area contributed by atoms with Gasteiger partial charge in [0, 0.05) is 26.7 Å². The summed E-state index contributed by atoms with van der Waals surface area (Å²) < 4.78 is 4.81. The van der Waals surface area contributed by atoms with Gasteiger partial charge in [-0.2, -0.15) is 0 Å². The Morgan fingerprint density at radius 2 is 1.80 bits per heavy atom. The van der Waals surface area contributed by atoms with E-state index in [-0.39, 0.29) is 6.42 Å². The van der Waals surface area contributed by atoms with Crippen molar-refractivity contribution in [3.63, 3.8) is 0 Å². The van der Waals surface area contributed by atoms with E-state index in [0.29, 0.717) is 13.2 Å². The summed E-state index contributed by atoms with van der Waals surface area (Å²) in [6.45, 7) is 3.05. The third-order valence-corrected chi connectivity index (χ3v) is 3.03. The molecule has 0 aromatic carbocycles. The van der Waals surface area contributed by atoms with Crippen LogP contribution in [0, 0.1) is 0 Å². The molecule has 0 aromatic rings.